The number of hydrazine groups is 1. The quantitative estimate of drug-likeness (QED) is 0.806. The van der Waals surface area contributed by atoms with E-state index in [0.717, 1.165) is 5.56 Å². The van der Waals surface area contributed by atoms with Gasteiger partial charge in [-0.1, -0.05) is 35.9 Å². The fraction of sp³-hybridized carbons (Fsp3) is 0.235. The number of nitrogens with one attached hydrogen (secondary N) is 3. The number of halogens is 1. The lowest BCUT2D eigenvalue weighted by Gasteiger charge is -2.12. The lowest BCUT2D eigenvalue weighted by Crippen LogP contribution is -2.39. The molecule has 1 heterocycles. The van der Waals surface area contributed by atoms with Gasteiger partial charge in [-0.3, -0.25) is 4.79 Å². The number of rotatable bonds is 4. The maximum absolute atomic E-state index is 12.4. The van der Waals surface area contributed by atoms with E-state index >= 15 is 0 Å². The molecule has 0 bridgehead atoms. The lowest BCUT2D eigenvalue weighted by atomic mass is 10.0. The molecule has 0 saturated carbocycles. The summed E-state index contributed by atoms with van der Waals surface area (Å²) in [5.41, 5.74) is 7.85. The van der Waals surface area contributed by atoms with Gasteiger partial charge in [-0.05, 0) is 30.2 Å². The van der Waals surface area contributed by atoms with Gasteiger partial charge < -0.3 is 10.1 Å². The van der Waals surface area contributed by atoms with E-state index in [1.807, 2.05) is 42.5 Å². The highest BCUT2D eigenvalue weighted by Crippen LogP contribution is 2.28. The smallest absolute Gasteiger partial charge is 0.242 e. The fourth-order valence-electron chi connectivity index (χ4n) is 2.62. The number of hydrogen-bond donors (Lipinski definition) is 3. The second-order valence-corrected chi connectivity index (χ2v) is 5.78. The van der Waals surface area contributed by atoms with Gasteiger partial charge in [-0.15, -0.1) is 0 Å². The number of methoxy groups -OCH3 is 1. The van der Waals surface area contributed by atoms with Gasteiger partial charge >= 0.3 is 0 Å². The maximum Gasteiger partial charge on any atom is 0.242 e. The summed E-state index contributed by atoms with van der Waals surface area (Å²) in [6.45, 7) is 0. The third kappa shape index (κ3) is 3.64. The topological polar surface area (TPSA) is 62.4 Å². The van der Waals surface area contributed by atoms with E-state index in [1.165, 1.54) is 0 Å². The SMILES string of the molecule is COc1cccc(NC(=O)C2CC(c3ccccc3Cl)NN2)c1. The molecule has 1 aliphatic rings. The van der Waals surface area contributed by atoms with Crippen molar-refractivity contribution in [1.29, 1.82) is 0 Å². The molecule has 1 saturated heterocycles. The molecule has 1 amide bonds. The summed E-state index contributed by atoms with van der Waals surface area (Å²) < 4.78 is 5.16. The monoisotopic (exact) mass is 331 g/mol. The Labute approximate surface area is 140 Å². The molecule has 23 heavy (non-hydrogen) atoms. The van der Waals surface area contributed by atoms with Crippen LogP contribution in [-0.2, 0) is 4.79 Å². The Hall–Kier alpha value is -2.08. The van der Waals surface area contributed by atoms with Crippen LogP contribution in [0.5, 0.6) is 5.75 Å². The van der Waals surface area contributed by atoms with Crippen molar-refractivity contribution in [3.63, 3.8) is 0 Å². The second-order valence-electron chi connectivity index (χ2n) is 5.37. The first-order valence-electron chi connectivity index (χ1n) is 7.38. The summed E-state index contributed by atoms with van der Waals surface area (Å²) in [5.74, 6) is 0.606. The van der Waals surface area contributed by atoms with Crippen LogP contribution in [0.25, 0.3) is 0 Å². The Morgan fingerprint density at radius 2 is 2.04 bits per heavy atom. The van der Waals surface area contributed by atoms with Crippen molar-refractivity contribution in [1.82, 2.24) is 10.9 Å². The first kappa shape index (κ1) is 15.8. The number of hydrogen-bond acceptors (Lipinski definition) is 4. The number of carbonyl (C=O) groups excluding carboxylic acids is 1. The summed E-state index contributed by atoms with van der Waals surface area (Å²) in [6, 6.07) is 14.6. The molecule has 3 N–H and O–H groups in total. The molecule has 0 radical (unpaired) electrons. The molecular formula is C17H18ClN3O2. The molecule has 1 aliphatic heterocycles. The standard InChI is InChI=1S/C17H18ClN3O2/c1-23-12-6-4-5-11(9-12)19-17(22)16-10-15(20-21-16)13-7-2-3-8-14(13)18/h2-9,15-16,20-21H,10H2,1H3,(H,19,22). The molecule has 2 aromatic rings. The summed E-state index contributed by atoms with van der Waals surface area (Å²) in [6.07, 6.45) is 0.625. The highest BCUT2D eigenvalue weighted by Gasteiger charge is 2.31. The maximum atomic E-state index is 12.4. The third-order valence-electron chi connectivity index (χ3n) is 3.84. The van der Waals surface area contributed by atoms with Crippen LogP contribution in [0, 0.1) is 0 Å². The Bertz CT molecular complexity index is 708. The van der Waals surface area contributed by atoms with Gasteiger partial charge in [0.2, 0.25) is 5.91 Å². The first-order chi connectivity index (χ1) is 11.2. The highest BCUT2D eigenvalue weighted by atomic mass is 35.5. The van der Waals surface area contributed by atoms with E-state index in [9.17, 15) is 4.79 Å². The van der Waals surface area contributed by atoms with Crippen LogP contribution in [0.4, 0.5) is 5.69 Å². The van der Waals surface area contributed by atoms with E-state index in [-0.39, 0.29) is 18.0 Å². The van der Waals surface area contributed by atoms with Crippen molar-refractivity contribution in [2.45, 2.75) is 18.5 Å². The Morgan fingerprint density at radius 1 is 1.22 bits per heavy atom. The van der Waals surface area contributed by atoms with Gasteiger partial charge in [-0.25, -0.2) is 10.9 Å². The molecule has 0 aliphatic carbocycles. The molecule has 0 spiro atoms. The molecule has 3 rings (SSSR count). The molecule has 2 unspecified atom stereocenters. The van der Waals surface area contributed by atoms with Gasteiger partial charge in [0.25, 0.3) is 0 Å². The summed E-state index contributed by atoms with van der Waals surface area (Å²) in [4.78, 5) is 12.4. The van der Waals surface area contributed by atoms with Crippen molar-refractivity contribution in [2.75, 3.05) is 12.4 Å². The number of carbonyl (C=O) groups is 1. The predicted octanol–water partition coefficient (Wildman–Crippen LogP) is 2.89. The Morgan fingerprint density at radius 3 is 2.83 bits per heavy atom. The van der Waals surface area contributed by atoms with Crippen LogP contribution in [0.3, 0.4) is 0 Å². The summed E-state index contributed by atoms with van der Waals surface area (Å²) in [7, 11) is 1.59. The minimum Gasteiger partial charge on any atom is -0.497 e. The van der Waals surface area contributed by atoms with Crippen LogP contribution in [0.2, 0.25) is 5.02 Å². The van der Waals surface area contributed by atoms with Crippen molar-refractivity contribution in [2.24, 2.45) is 0 Å². The molecule has 5 nitrogen and oxygen atoms in total. The Balaban J connectivity index is 1.64. The molecule has 0 aromatic heterocycles. The van der Waals surface area contributed by atoms with Crippen molar-refractivity contribution in [3.8, 4) is 5.75 Å². The number of anilines is 1. The van der Waals surface area contributed by atoms with Crippen molar-refractivity contribution < 1.29 is 9.53 Å². The van der Waals surface area contributed by atoms with Gasteiger partial charge in [-0.2, -0.15) is 0 Å². The van der Waals surface area contributed by atoms with Crippen LogP contribution < -0.4 is 20.9 Å². The molecule has 1 fully saturated rings. The minimum absolute atomic E-state index is 0.00441. The zero-order chi connectivity index (χ0) is 16.2. The molecule has 6 heteroatoms. The highest BCUT2D eigenvalue weighted by molar-refractivity contribution is 6.31. The number of benzene rings is 2. The van der Waals surface area contributed by atoms with E-state index in [1.54, 1.807) is 13.2 Å². The summed E-state index contributed by atoms with van der Waals surface area (Å²) in [5, 5.41) is 3.59. The zero-order valence-electron chi connectivity index (χ0n) is 12.7. The summed E-state index contributed by atoms with van der Waals surface area (Å²) >= 11 is 6.21. The minimum atomic E-state index is -0.331. The van der Waals surface area contributed by atoms with E-state index in [2.05, 4.69) is 16.2 Å². The molecule has 2 aromatic carbocycles. The second kappa shape index (κ2) is 7.00. The molecule has 120 valence electrons. The van der Waals surface area contributed by atoms with Crippen molar-refractivity contribution >= 4 is 23.2 Å². The van der Waals surface area contributed by atoms with Gasteiger partial charge in [0, 0.05) is 22.8 Å². The van der Waals surface area contributed by atoms with E-state index < -0.39 is 0 Å². The van der Waals surface area contributed by atoms with Crippen LogP contribution in [-0.4, -0.2) is 19.1 Å². The average molecular weight is 332 g/mol. The normalized spacial score (nSPS) is 20.3. The van der Waals surface area contributed by atoms with Gasteiger partial charge in [0.1, 0.15) is 11.8 Å². The van der Waals surface area contributed by atoms with Gasteiger partial charge in [0.05, 0.1) is 7.11 Å². The zero-order valence-corrected chi connectivity index (χ0v) is 13.4. The molecular weight excluding hydrogens is 314 g/mol. The number of amides is 1. The fourth-order valence-corrected chi connectivity index (χ4v) is 2.89. The van der Waals surface area contributed by atoms with Crippen LogP contribution >= 0.6 is 11.6 Å². The van der Waals surface area contributed by atoms with Crippen LogP contribution in [0.15, 0.2) is 48.5 Å². The third-order valence-corrected chi connectivity index (χ3v) is 4.18. The van der Waals surface area contributed by atoms with Gasteiger partial charge in [0.15, 0.2) is 0 Å². The molecule has 2 atom stereocenters. The largest absolute Gasteiger partial charge is 0.497 e. The predicted molar refractivity (Wildman–Crippen MR) is 90.5 cm³/mol. The number of ether oxygens (including phenoxy) is 1. The van der Waals surface area contributed by atoms with E-state index in [0.29, 0.717) is 22.9 Å². The average Bonchev–Trinajstić information content (AvgIpc) is 3.05. The van der Waals surface area contributed by atoms with Crippen LogP contribution in [0.1, 0.15) is 18.0 Å². The van der Waals surface area contributed by atoms with E-state index in [4.69, 9.17) is 16.3 Å². The lowest BCUT2D eigenvalue weighted by molar-refractivity contribution is -0.117. The Kier molecular flexibility index (Phi) is 4.81. The first-order valence-corrected chi connectivity index (χ1v) is 7.75. The van der Waals surface area contributed by atoms with Crippen molar-refractivity contribution in [3.05, 3.63) is 59.1 Å².